The molecule has 30 heavy (non-hydrogen) atoms. The molecule has 3 aromatic rings. The third kappa shape index (κ3) is 4.08. The number of aromatic amines is 1. The Hall–Kier alpha value is -2.42. The fourth-order valence-corrected chi connectivity index (χ4v) is 5.26. The fourth-order valence-electron chi connectivity index (χ4n) is 3.67. The van der Waals surface area contributed by atoms with E-state index in [1.807, 2.05) is 19.1 Å². The molecule has 0 spiro atoms. The van der Waals surface area contributed by atoms with E-state index in [1.165, 1.54) is 21.3 Å². The number of aryl methyl sites for hydroxylation is 1. The molecule has 9 heteroatoms. The summed E-state index contributed by atoms with van der Waals surface area (Å²) in [4.78, 5) is 17.3. The number of aromatic nitrogens is 3. The highest BCUT2D eigenvalue weighted by molar-refractivity contribution is 7.89. The first-order valence-corrected chi connectivity index (χ1v) is 11.7. The van der Waals surface area contributed by atoms with Gasteiger partial charge in [-0.2, -0.15) is 4.31 Å². The molecule has 1 N–H and O–H groups in total. The summed E-state index contributed by atoms with van der Waals surface area (Å²) in [7, 11) is -3.56. The first-order chi connectivity index (χ1) is 14.4. The molecule has 0 saturated carbocycles. The van der Waals surface area contributed by atoms with Crippen molar-refractivity contribution in [3.8, 4) is 5.82 Å². The van der Waals surface area contributed by atoms with Crippen LogP contribution in [0.2, 0.25) is 5.02 Å². The maximum atomic E-state index is 12.9. The lowest BCUT2D eigenvalue weighted by Gasteiger charge is -2.25. The third-order valence-electron chi connectivity index (χ3n) is 5.39. The molecule has 0 aliphatic carbocycles. The standard InChI is InChI=1S/C21H23ClN4O3S/c1-15-19(13-16-5-7-17(22)8-6-16)21(27)26(24-15)20-10-9-18(14-23-20)30(28,29)25-11-3-2-4-12-25/h5-10,14,24H,2-4,11-13H2,1H3. The normalized spacial score (nSPS) is 15.4. The Morgan fingerprint density at radius 3 is 2.40 bits per heavy atom. The zero-order chi connectivity index (χ0) is 21.3. The van der Waals surface area contributed by atoms with Gasteiger partial charge in [-0.1, -0.05) is 30.2 Å². The Morgan fingerprint density at radius 2 is 1.77 bits per heavy atom. The van der Waals surface area contributed by atoms with Crippen molar-refractivity contribution >= 4 is 21.6 Å². The Morgan fingerprint density at radius 1 is 1.07 bits per heavy atom. The molecule has 2 aromatic heterocycles. The monoisotopic (exact) mass is 446 g/mol. The summed E-state index contributed by atoms with van der Waals surface area (Å²) in [5, 5.41) is 3.68. The van der Waals surface area contributed by atoms with Crippen molar-refractivity contribution in [2.45, 2.75) is 37.5 Å². The number of benzene rings is 1. The average Bonchev–Trinajstić information content (AvgIpc) is 3.04. The van der Waals surface area contributed by atoms with Gasteiger partial charge in [0, 0.05) is 42.0 Å². The fraction of sp³-hybridized carbons (Fsp3) is 0.333. The smallest absolute Gasteiger partial charge is 0.276 e. The van der Waals surface area contributed by atoms with Crippen LogP contribution in [0.15, 0.2) is 52.3 Å². The number of pyridine rings is 1. The number of hydrogen-bond acceptors (Lipinski definition) is 4. The molecule has 1 fully saturated rings. The predicted octanol–water partition coefficient (Wildman–Crippen LogP) is 3.29. The Bertz CT molecular complexity index is 1190. The molecule has 0 amide bonds. The van der Waals surface area contributed by atoms with E-state index >= 15 is 0 Å². The highest BCUT2D eigenvalue weighted by Crippen LogP contribution is 2.20. The van der Waals surface area contributed by atoms with Crippen LogP contribution >= 0.6 is 11.6 Å². The van der Waals surface area contributed by atoms with Gasteiger partial charge in [-0.3, -0.25) is 9.89 Å². The van der Waals surface area contributed by atoms with E-state index in [2.05, 4.69) is 10.1 Å². The number of nitrogens with zero attached hydrogens (tertiary/aromatic N) is 3. The molecule has 158 valence electrons. The number of H-pyrrole nitrogens is 1. The van der Waals surface area contributed by atoms with Crippen molar-refractivity contribution in [3.63, 3.8) is 0 Å². The molecule has 1 aliphatic heterocycles. The van der Waals surface area contributed by atoms with Gasteiger partial charge < -0.3 is 0 Å². The number of hydrogen-bond donors (Lipinski definition) is 1. The van der Waals surface area contributed by atoms with E-state index < -0.39 is 10.0 Å². The lowest BCUT2D eigenvalue weighted by Crippen LogP contribution is -2.35. The van der Waals surface area contributed by atoms with Crippen molar-refractivity contribution in [1.82, 2.24) is 19.1 Å². The molecule has 4 rings (SSSR count). The van der Waals surface area contributed by atoms with E-state index in [1.54, 1.807) is 18.2 Å². The zero-order valence-electron chi connectivity index (χ0n) is 16.6. The van der Waals surface area contributed by atoms with Crippen LogP contribution in [-0.4, -0.2) is 40.6 Å². The van der Waals surface area contributed by atoms with Crippen LogP contribution in [0.1, 0.15) is 36.1 Å². The molecule has 0 bridgehead atoms. The van der Waals surface area contributed by atoms with Gasteiger partial charge in [0.25, 0.3) is 5.56 Å². The Balaban J connectivity index is 1.60. The molecule has 1 saturated heterocycles. The molecule has 7 nitrogen and oxygen atoms in total. The third-order valence-corrected chi connectivity index (χ3v) is 7.52. The van der Waals surface area contributed by atoms with Crippen molar-refractivity contribution in [2.24, 2.45) is 0 Å². The number of nitrogens with one attached hydrogen (secondary N) is 1. The first kappa shape index (κ1) is 20.8. The van der Waals surface area contributed by atoms with Crippen LogP contribution in [-0.2, 0) is 16.4 Å². The van der Waals surface area contributed by atoms with Crippen molar-refractivity contribution in [2.75, 3.05) is 13.1 Å². The van der Waals surface area contributed by atoms with Crippen LogP contribution in [0.5, 0.6) is 0 Å². The minimum atomic E-state index is -3.56. The molecular weight excluding hydrogens is 424 g/mol. The summed E-state index contributed by atoms with van der Waals surface area (Å²) >= 11 is 5.93. The van der Waals surface area contributed by atoms with Crippen molar-refractivity contribution < 1.29 is 8.42 Å². The van der Waals surface area contributed by atoms with Crippen molar-refractivity contribution in [1.29, 1.82) is 0 Å². The lowest BCUT2D eigenvalue weighted by atomic mass is 10.1. The van der Waals surface area contributed by atoms with Gasteiger partial charge in [0.2, 0.25) is 10.0 Å². The summed E-state index contributed by atoms with van der Waals surface area (Å²) in [6, 6.07) is 10.4. The predicted molar refractivity (Wildman–Crippen MR) is 116 cm³/mol. The first-order valence-electron chi connectivity index (χ1n) is 9.88. The molecule has 1 aliphatic rings. The topological polar surface area (TPSA) is 88.1 Å². The van der Waals surface area contributed by atoms with Gasteiger partial charge in [-0.15, -0.1) is 0 Å². The zero-order valence-corrected chi connectivity index (χ0v) is 18.2. The van der Waals surface area contributed by atoms with Crippen LogP contribution < -0.4 is 5.56 Å². The Labute approximate surface area is 180 Å². The molecule has 1 aromatic carbocycles. The van der Waals surface area contributed by atoms with Gasteiger partial charge in [-0.05, 0) is 49.6 Å². The lowest BCUT2D eigenvalue weighted by molar-refractivity contribution is 0.346. The minimum absolute atomic E-state index is 0.144. The van der Waals surface area contributed by atoms with Crippen LogP contribution in [0, 0.1) is 6.92 Å². The number of sulfonamides is 1. The van der Waals surface area contributed by atoms with Crippen LogP contribution in [0.25, 0.3) is 5.82 Å². The summed E-state index contributed by atoms with van der Waals surface area (Å²) < 4.78 is 28.4. The van der Waals surface area contributed by atoms with Gasteiger partial charge >= 0.3 is 0 Å². The maximum absolute atomic E-state index is 12.9. The highest BCUT2D eigenvalue weighted by atomic mass is 35.5. The number of piperidine rings is 1. The van der Waals surface area contributed by atoms with Crippen LogP contribution in [0.3, 0.4) is 0 Å². The summed E-state index contributed by atoms with van der Waals surface area (Å²) in [6.07, 6.45) is 4.58. The molecule has 0 atom stereocenters. The van der Waals surface area contributed by atoms with Gasteiger partial charge in [0.1, 0.15) is 4.90 Å². The molecule has 0 unspecified atom stereocenters. The van der Waals surface area contributed by atoms with Gasteiger partial charge in [0.15, 0.2) is 5.82 Å². The summed E-state index contributed by atoms with van der Waals surface area (Å²) in [5.74, 6) is 0.350. The molecular formula is C21H23ClN4O3S. The van der Waals surface area contributed by atoms with E-state index in [4.69, 9.17) is 11.6 Å². The van der Waals surface area contributed by atoms with Gasteiger partial charge in [-0.25, -0.2) is 18.1 Å². The van der Waals surface area contributed by atoms with Crippen LogP contribution in [0.4, 0.5) is 0 Å². The largest absolute Gasteiger partial charge is 0.294 e. The second-order valence-corrected chi connectivity index (χ2v) is 9.85. The number of rotatable bonds is 5. The van der Waals surface area contributed by atoms with E-state index in [0.717, 1.165) is 30.5 Å². The highest BCUT2D eigenvalue weighted by Gasteiger charge is 2.26. The minimum Gasteiger partial charge on any atom is -0.294 e. The second kappa shape index (κ2) is 8.37. The van der Waals surface area contributed by atoms with E-state index in [9.17, 15) is 13.2 Å². The van der Waals surface area contributed by atoms with Gasteiger partial charge in [0.05, 0.1) is 0 Å². The quantitative estimate of drug-likeness (QED) is 0.651. The average molecular weight is 447 g/mol. The number of halogens is 1. The van der Waals surface area contributed by atoms with E-state index in [0.29, 0.717) is 35.9 Å². The maximum Gasteiger partial charge on any atom is 0.276 e. The molecule has 0 radical (unpaired) electrons. The Kier molecular flexibility index (Phi) is 5.81. The van der Waals surface area contributed by atoms with Crippen molar-refractivity contribution in [3.05, 3.63) is 74.8 Å². The second-order valence-electron chi connectivity index (χ2n) is 7.48. The summed E-state index contributed by atoms with van der Waals surface area (Å²) in [5.41, 5.74) is 2.13. The SMILES string of the molecule is Cc1[nH]n(-c2ccc(S(=O)(=O)N3CCCCC3)cn2)c(=O)c1Cc1ccc(Cl)cc1. The summed E-state index contributed by atoms with van der Waals surface area (Å²) in [6.45, 7) is 2.90. The molecule has 3 heterocycles. The van der Waals surface area contributed by atoms with E-state index in [-0.39, 0.29) is 10.5 Å².